The molecule has 1 aromatic heterocycles. The summed E-state index contributed by atoms with van der Waals surface area (Å²) in [7, 11) is 3.54. The Labute approximate surface area is 125 Å². The summed E-state index contributed by atoms with van der Waals surface area (Å²) in [5, 5.41) is 6.41. The van der Waals surface area contributed by atoms with Gasteiger partial charge >= 0.3 is 0 Å². The van der Waals surface area contributed by atoms with E-state index in [2.05, 4.69) is 33.6 Å². The second-order valence-corrected chi connectivity index (χ2v) is 4.76. The number of aryl methyl sites for hydroxylation is 1. The molecular formula is C16H22N4O. The van der Waals surface area contributed by atoms with Gasteiger partial charge in [-0.2, -0.15) is 0 Å². The molecule has 0 aliphatic rings. The van der Waals surface area contributed by atoms with Gasteiger partial charge in [0, 0.05) is 26.1 Å². The molecule has 21 heavy (non-hydrogen) atoms. The molecule has 2 aromatic rings. The van der Waals surface area contributed by atoms with Crippen molar-refractivity contribution < 1.29 is 4.74 Å². The minimum Gasteiger partial charge on any atom is -0.497 e. The van der Waals surface area contributed by atoms with E-state index in [1.54, 1.807) is 7.11 Å². The Hall–Kier alpha value is -2.30. The third kappa shape index (κ3) is 4.34. The van der Waals surface area contributed by atoms with Gasteiger partial charge in [-0.15, -0.1) is 0 Å². The summed E-state index contributed by atoms with van der Waals surface area (Å²) >= 11 is 0. The standard InChI is InChI=1S/C16H22N4O/c1-4-6-14-19-15(17-2)10-16(20-14)18-11-12-7-5-8-13(9-12)21-3/h5,7-10H,4,6,11H2,1-3H3,(H2,17,18,19,20). The van der Waals surface area contributed by atoms with Gasteiger partial charge in [-0.3, -0.25) is 0 Å². The number of hydrogen-bond donors (Lipinski definition) is 2. The van der Waals surface area contributed by atoms with Crippen LogP contribution >= 0.6 is 0 Å². The van der Waals surface area contributed by atoms with Gasteiger partial charge in [-0.25, -0.2) is 9.97 Å². The maximum absolute atomic E-state index is 5.23. The van der Waals surface area contributed by atoms with Crippen molar-refractivity contribution >= 4 is 11.6 Å². The quantitative estimate of drug-likeness (QED) is 0.819. The van der Waals surface area contributed by atoms with Gasteiger partial charge in [0.05, 0.1) is 7.11 Å². The van der Waals surface area contributed by atoms with Crippen LogP contribution in [0.2, 0.25) is 0 Å². The van der Waals surface area contributed by atoms with Crippen molar-refractivity contribution in [2.45, 2.75) is 26.3 Å². The van der Waals surface area contributed by atoms with Crippen LogP contribution in [0.3, 0.4) is 0 Å². The van der Waals surface area contributed by atoms with Crippen molar-refractivity contribution in [3.05, 3.63) is 41.7 Å². The lowest BCUT2D eigenvalue weighted by atomic mass is 10.2. The molecule has 0 saturated carbocycles. The largest absolute Gasteiger partial charge is 0.497 e. The maximum atomic E-state index is 5.23. The lowest BCUT2D eigenvalue weighted by molar-refractivity contribution is 0.414. The van der Waals surface area contributed by atoms with Crippen molar-refractivity contribution in [3.63, 3.8) is 0 Å². The zero-order valence-corrected chi connectivity index (χ0v) is 12.8. The Morgan fingerprint density at radius 2 is 1.95 bits per heavy atom. The third-order valence-corrected chi connectivity index (χ3v) is 3.11. The number of ether oxygens (including phenoxy) is 1. The minimum atomic E-state index is 0.697. The Kier molecular flexibility index (Phi) is 5.37. The van der Waals surface area contributed by atoms with Crippen LogP contribution in [-0.2, 0) is 13.0 Å². The maximum Gasteiger partial charge on any atom is 0.133 e. The highest BCUT2D eigenvalue weighted by atomic mass is 16.5. The molecule has 0 fully saturated rings. The van der Waals surface area contributed by atoms with E-state index in [4.69, 9.17) is 4.74 Å². The molecule has 0 radical (unpaired) electrons. The molecule has 5 heteroatoms. The molecule has 0 unspecified atom stereocenters. The first-order chi connectivity index (χ1) is 10.2. The van der Waals surface area contributed by atoms with E-state index in [0.29, 0.717) is 6.54 Å². The summed E-state index contributed by atoms with van der Waals surface area (Å²) in [4.78, 5) is 8.98. The topological polar surface area (TPSA) is 59.1 Å². The third-order valence-electron chi connectivity index (χ3n) is 3.11. The first kappa shape index (κ1) is 15.1. The Morgan fingerprint density at radius 3 is 2.67 bits per heavy atom. The Bertz CT molecular complexity index is 586. The molecule has 112 valence electrons. The van der Waals surface area contributed by atoms with E-state index in [9.17, 15) is 0 Å². The second kappa shape index (κ2) is 7.47. The van der Waals surface area contributed by atoms with Crippen molar-refractivity contribution in [2.24, 2.45) is 0 Å². The highest BCUT2D eigenvalue weighted by Gasteiger charge is 2.04. The van der Waals surface area contributed by atoms with Crippen LogP contribution in [0.4, 0.5) is 11.6 Å². The number of methoxy groups -OCH3 is 1. The molecule has 1 aromatic carbocycles. The summed E-state index contributed by atoms with van der Waals surface area (Å²) in [6, 6.07) is 9.91. The Morgan fingerprint density at radius 1 is 1.14 bits per heavy atom. The fourth-order valence-corrected chi connectivity index (χ4v) is 2.03. The normalized spacial score (nSPS) is 10.2. The van der Waals surface area contributed by atoms with E-state index < -0.39 is 0 Å². The molecule has 0 aliphatic heterocycles. The highest BCUT2D eigenvalue weighted by molar-refractivity contribution is 5.47. The van der Waals surface area contributed by atoms with Crippen LogP contribution in [0.5, 0.6) is 5.75 Å². The molecule has 0 bridgehead atoms. The highest BCUT2D eigenvalue weighted by Crippen LogP contribution is 2.16. The molecule has 0 atom stereocenters. The van der Waals surface area contributed by atoms with Gasteiger partial charge in [0.2, 0.25) is 0 Å². The summed E-state index contributed by atoms with van der Waals surface area (Å²) in [5.41, 5.74) is 1.15. The smallest absolute Gasteiger partial charge is 0.133 e. The van der Waals surface area contributed by atoms with Gasteiger partial charge in [0.25, 0.3) is 0 Å². The zero-order chi connectivity index (χ0) is 15.1. The summed E-state index contributed by atoms with van der Waals surface area (Å²) in [5.74, 6) is 3.39. The first-order valence-electron chi connectivity index (χ1n) is 7.17. The molecule has 1 heterocycles. The molecule has 2 N–H and O–H groups in total. The monoisotopic (exact) mass is 286 g/mol. The number of aromatic nitrogens is 2. The number of benzene rings is 1. The first-order valence-corrected chi connectivity index (χ1v) is 7.17. The van der Waals surface area contributed by atoms with Crippen LogP contribution in [0.15, 0.2) is 30.3 Å². The summed E-state index contributed by atoms with van der Waals surface area (Å²) in [6.45, 7) is 2.82. The second-order valence-electron chi connectivity index (χ2n) is 4.76. The molecule has 0 aliphatic carbocycles. The van der Waals surface area contributed by atoms with Gasteiger partial charge < -0.3 is 15.4 Å². The summed E-state index contributed by atoms with van der Waals surface area (Å²) in [6.07, 6.45) is 1.91. The number of anilines is 2. The van der Waals surface area contributed by atoms with Crippen molar-refractivity contribution in [2.75, 3.05) is 24.8 Å². The average molecular weight is 286 g/mol. The molecule has 0 spiro atoms. The van der Waals surface area contributed by atoms with Crippen LogP contribution in [0.1, 0.15) is 24.7 Å². The fourth-order valence-electron chi connectivity index (χ4n) is 2.03. The van der Waals surface area contributed by atoms with Crippen LogP contribution in [-0.4, -0.2) is 24.1 Å². The van der Waals surface area contributed by atoms with Gasteiger partial charge in [0.1, 0.15) is 23.2 Å². The van der Waals surface area contributed by atoms with Crippen molar-refractivity contribution in [1.29, 1.82) is 0 Å². The number of rotatable bonds is 7. The number of nitrogens with zero attached hydrogens (tertiary/aromatic N) is 2. The average Bonchev–Trinajstić information content (AvgIpc) is 2.53. The molecular weight excluding hydrogens is 264 g/mol. The lowest BCUT2D eigenvalue weighted by Gasteiger charge is -2.10. The van der Waals surface area contributed by atoms with E-state index >= 15 is 0 Å². The molecule has 0 amide bonds. The SMILES string of the molecule is CCCc1nc(NC)cc(NCc2cccc(OC)c2)n1. The minimum absolute atomic E-state index is 0.697. The fraction of sp³-hybridized carbons (Fsp3) is 0.375. The van der Waals surface area contributed by atoms with Gasteiger partial charge in [-0.1, -0.05) is 19.1 Å². The summed E-state index contributed by atoms with van der Waals surface area (Å²) < 4.78 is 5.23. The van der Waals surface area contributed by atoms with Gasteiger partial charge in [0.15, 0.2) is 0 Å². The van der Waals surface area contributed by atoms with E-state index in [1.165, 1.54) is 0 Å². The predicted molar refractivity (Wildman–Crippen MR) is 85.9 cm³/mol. The Balaban J connectivity index is 2.09. The van der Waals surface area contributed by atoms with E-state index in [1.807, 2.05) is 31.3 Å². The van der Waals surface area contributed by atoms with Crippen LogP contribution in [0.25, 0.3) is 0 Å². The van der Waals surface area contributed by atoms with Crippen molar-refractivity contribution in [3.8, 4) is 5.75 Å². The van der Waals surface area contributed by atoms with E-state index in [-0.39, 0.29) is 0 Å². The number of hydrogen-bond acceptors (Lipinski definition) is 5. The van der Waals surface area contributed by atoms with Crippen molar-refractivity contribution in [1.82, 2.24) is 9.97 Å². The molecule has 0 saturated heterocycles. The van der Waals surface area contributed by atoms with Crippen LogP contribution in [0, 0.1) is 0 Å². The zero-order valence-electron chi connectivity index (χ0n) is 12.8. The molecule has 5 nitrogen and oxygen atoms in total. The van der Waals surface area contributed by atoms with E-state index in [0.717, 1.165) is 41.6 Å². The van der Waals surface area contributed by atoms with Crippen LogP contribution < -0.4 is 15.4 Å². The van der Waals surface area contributed by atoms with Gasteiger partial charge in [-0.05, 0) is 24.1 Å². The molecule has 2 rings (SSSR count). The lowest BCUT2D eigenvalue weighted by Crippen LogP contribution is -2.06. The number of nitrogens with one attached hydrogen (secondary N) is 2. The predicted octanol–water partition coefficient (Wildman–Crippen LogP) is 3.09.